The molecule has 268 valence electrons. The number of primary amides is 1. The first-order chi connectivity index (χ1) is 24.6. The van der Waals surface area contributed by atoms with Crippen molar-refractivity contribution in [3.63, 3.8) is 0 Å². The van der Waals surface area contributed by atoms with Crippen LogP contribution in [0.5, 0.6) is 0 Å². The zero-order chi connectivity index (χ0) is 37.1. The predicted octanol–water partition coefficient (Wildman–Crippen LogP) is 6.62. The van der Waals surface area contributed by atoms with Gasteiger partial charge in [0, 0.05) is 35.4 Å². The summed E-state index contributed by atoms with van der Waals surface area (Å²) in [4.78, 5) is 34.9. The van der Waals surface area contributed by atoms with E-state index in [9.17, 15) is 44.7 Å². The maximum atomic E-state index is 14.8. The summed E-state index contributed by atoms with van der Waals surface area (Å²) in [6.07, 6.45) is -3.92. The van der Waals surface area contributed by atoms with E-state index in [1.54, 1.807) is 12.3 Å². The molecule has 0 saturated heterocycles. The van der Waals surface area contributed by atoms with E-state index in [0.717, 1.165) is 24.3 Å². The predicted molar refractivity (Wildman–Crippen MR) is 169 cm³/mol. The van der Waals surface area contributed by atoms with Crippen LogP contribution in [0.4, 0.5) is 35.1 Å². The zero-order valence-corrected chi connectivity index (χ0v) is 27.0. The molecule has 10 nitrogen and oxygen atoms in total. The number of rotatable bonds is 9. The third-order valence-electron chi connectivity index (χ3n) is 8.38. The quantitative estimate of drug-likeness (QED) is 0.142. The number of aromatic nitrogens is 6. The van der Waals surface area contributed by atoms with Crippen molar-refractivity contribution in [1.82, 2.24) is 35.3 Å². The minimum absolute atomic E-state index is 0.00388. The summed E-state index contributed by atoms with van der Waals surface area (Å²) >= 11 is 1.18. The number of nitrogens with one attached hydrogen (secondary N) is 2. The number of nitrogens with two attached hydrogens (primary N) is 1. The van der Waals surface area contributed by atoms with E-state index in [4.69, 9.17) is 5.73 Å². The fourth-order valence-corrected chi connectivity index (χ4v) is 7.12. The van der Waals surface area contributed by atoms with Gasteiger partial charge in [-0.3, -0.25) is 19.4 Å². The second-order valence-electron chi connectivity index (χ2n) is 11.9. The first kappa shape index (κ1) is 34.7. The Bertz CT molecular complexity index is 2350. The minimum atomic E-state index is -5.08. The molecule has 2 aromatic carbocycles. The van der Waals surface area contributed by atoms with Crippen LogP contribution in [-0.4, -0.2) is 41.8 Å². The molecule has 0 aliphatic heterocycles. The zero-order valence-electron chi connectivity index (χ0n) is 26.2. The Balaban J connectivity index is 1.37. The lowest BCUT2D eigenvalue weighted by Crippen LogP contribution is -2.35. The van der Waals surface area contributed by atoms with Gasteiger partial charge in [-0.05, 0) is 54.3 Å². The first-order valence-corrected chi connectivity index (χ1v) is 16.1. The molecule has 0 unspecified atom stereocenters. The largest absolute Gasteiger partial charge is 0.435 e. The molecule has 1 atom stereocenters. The highest BCUT2D eigenvalue weighted by molar-refractivity contribution is 7.21. The smallest absolute Gasteiger partial charge is 0.366 e. The standard InChI is InChI=1S/C33H22F8N8O2S/c34-17-5-14(6-18(35)9-17)7-23(45-25(50)13-49-28-19(3-4-32(28,37)38)27(48-49)33(39,40)41)26-20(15-1-2-22(36)21(8-15)29(42)51)10-24-30(46-26)47-31(52-24)16-11-43-44-12-16/h1-2,5-6,8-12,23H,3-4,7,13H2,(H2,42,51)(H,43,44)(H,45,50)/t23-/m0/s1. The molecule has 4 aromatic heterocycles. The SMILES string of the molecule is NC(=O)c1cc(-c2cc3sc(-c4cn[nH]c4)nc3nc2[C@H](Cc2cc(F)cc(F)c2)NC(=O)Cn2nc(C(F)(F)F)c3c2C(F)(F)CC3)ccc1F. The fourth-order valence-electron chi connectivity index (χ4n) is 6.19. The molecule has 6 aromatic rings. The van der Waals surface area contributed by atoms with Crippen LogP contribution in [0.3, 0.4) is 0 Å². The molecule has 19 heteroatoms. The minimum Gasteiger partial charge on any atom is -0.366 e. The molecule has 2 amide bonds. The van der Waals surface area contributed by atoms with Crippen LogP contribution in [0.2, 0.25) is 0 Å². The lowest BCUT2D eigenvalue weighted by Gasteiger charge is -2.22. The maximum absolute atomic E-state index is 14.8. The summed E-state index contributed by atoms with van der Waals surface area (Å²) in [7, 11) is 0. The van der Waals surface area contributed by atoms with Gasteiger partial charge in [-0.2, -0.15) is 32.1 Å². The van der Waals surface area contributed by atoms with Crippen molar-refractivity contribution in [1.29, 1.82) is 0 Å². The van der Waals surface area contributed by atoms with Crippen LogP contribution in [0.15, 0.2) is 54.9 Å². The average molecular weight is 747 g/mol. The molecule has 0 spiro atoms. The van der Waals surface area contributed by atoms with Gasteiger partial charge in [0.1, 0.15) is 34.7 Å². The molecule has 0 bridgehead atoms. The van der Waals surface area contributed by atoms with Crippen molar-refractivity contribution >= 4 is 33.5 Å². The lowest BCUT2D eigenvalue weighted by atomic mass is 9.94. The molecule has 0 saturated carbocycles. The number of thiazole rings is 1. The number of fused-ring (bicyclic) bond motifs is 2. The number of aromatic amines is 1. The van der Waals surface area contributed by atoms with Crippen molar-refractivity contribution in [2.45, 2.75) is 43.9 Å². The topological polar surface area (TPSA) is 144 Å². The van der Waals surface area contributed by atoms with E-state index < -0.39 is 95.7 Å². The van der Waals surface area contributed by atoms with Gasteiger partial charge >= 0.3 is 6.18 Å². The van der Waals surface area contributed by atoms with Crippen LogP contribution in [0.1, 0.15) is 51.0 Å². The number of hydrogen-bond donors (Lipinski definition) is 3. The van der Waals surface area contributed by atoms with Crippen molar-refractivity contribution in [2.75, 3.05) is 0 Å². The Hall–Kier alpha value is -5.72. The Kier molecular flexibility index (Phi) is 8.55. The van der Waals surface area contributed by atoms with E-state index in [-0.39, 0.29) is 28.0 Å². The Morgan fingerprint density at radius 2 is 1.79 bits per heavy atom. The van der Waals surface area contributed by atoms with Crippen molar-refractivity contribution in [3.05, 3.63) is 106 Å². The van der Waals surface area contributed by atoms with Gasteiger partial charge in [-0.25, -0.2) is 23.1 Å². The number of benzene rings is 2. The lowest BCUT2D eigenvalue weighted by molar-refractivity contribution is -0.142. The monoisotopic (exact) mass is 746 g/mol. The van der Waals surface area contributed by atoms with E-state index in [1.165, 1.54) is 23.6 Å². The van der Waals surface area contributed by atoms with E-state index in [1.807, 2.05) is 0 Å². The highest BCUT2D eigenvalue weighted by Gasteiger charge is 2.50. The number of nitrogens with zero attached hydrogens (tertiary/aromatic N) is 5. The average Bonchev–Trinajstić information content (AvgIpc) is 3.85. The Labute approximate surface area is 290 Å². The molecule has 7 rings (SSSR count). The van der Waals surface area contributed by atoms with Gasteiger partial charge in [0.25, 0.3) is 11.8 Å². The van der Waals surface area contributed by atoms with Gasteiger partial charge in [-0.15, -0.1) is 11.3 Å². The number of alkyl halides is 5. The van der Waals surface area contributed by atoms with E-state index in [2.05, 4.69) is 30.6 Å². The number of halogens is 8. The number of amides is 2. The van der Waals surface area contributed by atoms with Crippen LogP contribution in [0, 0.1) is 17.5 Å². The normalized spacial score (nSPS) is 14.5. The van der Waals surface area contributed by atoms with Crippen LogP contribution in [-0.2, 0) is 36.3 Å². The fraction of sp³-hybridized carbons (Fsp3) is 0.212. The molecule has 0 fully saturated rings. The third kappa shape index (κ3) is 6.58. The highest BCUT2D eigenvalue weighted by Crippen LogP contribution is 2.46. The van der Waals surface area contributed by atoms with Crippen molar-refractivity contribution in [2.24, 2.45) is 5.73 Å². The summed E-state index contributed by atoms with van der Waals surface area (Å²) in [5.74, 6) is -8.78. The number of carbonyl (C=O) groups is 2. The Morgan fingerprint density at radius 3 is 2.46 bits per heavy atom. The first-order valence-electron chi connectivity index (χ1n) is 15.3. The van der Waals surface area contributed by atoms with Crippen molar-refractivity contribution in [3.8, 4) is 21.7 Å². The Morgan fingerprint density at radius 1 is 1.04 bits per heavy atom. The number of hydrogen-bond acceptors (Lipinski definition) is 7. The number of pyridine rings is 1. The summed E-state index contributed by atoms with van der Waals surface area (Å²) in [6, 6.07) is 6.15. The van der Waals surface area contributed by atoms with Crippen LogP contribution < -0.4 is 11.1 Å². The van der Waals surface area contributed by atoms with E-state index >= 15 is 0 Å². The van der Waals surface area contributed by atoms with Gasteiger partial charge in [0.2, 0.25) is 5.91 Å². The molecule has 1 aliphatic rings. The van der Waals surface area contributed by atoms with Gasteiger partial charge in [0.05, 0.1) is 28.2 Å². The summed E-state index contributed by atoms with van der Waals surface area (Å²) in [6.45, 7) is -1.09. The highest BCUT2D eigenvalue weighted by atomic mass is 32.1. The van der Waals surface area contributed by atoms with Gasteiger partial charge in [-0.1, -0.05) is 6.07 Å². The van der Waals surface area contributed by atoms with Crippen LogP contribution >= 0.6 is 11.3 Å². The molecule has 1 aliphatic carbocycles. The van der Waals surface area contributed by atoms with Gasteiger partial charge < -0.3 is 11.1 Å². The second-order valence-corrected chi connectivity index (χ2v) is 13.0. The summed E-state index contributed by atoms with van der Waals surface area (Å²) < 4.78 is 115. The molecule has 52 heavy (non-hydrogen) atoms. The van der Waals surface area contributed by atoms with E-state index in [0.29, 0.717) is 26.0 Å². The number of H-pyrrole nitrogens is 1. The van der Waals surface area contributed by atoms with Crippen molar-refractivity contribution < 1.29 is 44.7 Å². The molecular formula is C33H22F8N8O2S. The van der Waals surface area contributed by atoms with Gasteiger partial charge in [0.15, 0.2) is 11.3 Å². The second kappa shape index (κ2) is 12.8. The summed E-state index contributed by atoms with van der Waals surface area (Å²) in [5.41, 5.74) is 2.62. The summed E-state index contributed by atoms with van der Waals surface area (Å²) in [5, 5.41) is 12.9. The van der Waals surface area contributed by atoms with Crippen LogP contribution in [0.25, 0.3) is 32.0 Å². The molecule has 4 heterocycles. The number of carbonyl (C=O) groups excluding carboxylic acids is 2. The molecule has 4 N–H and O–H groups in total. The maximum Gasteiger partial charge on any atom is 0.435 e. The molecular weight excluding hydrogens is 724 g/mol. The third-order valence-corrected chi connectivity index (χ3v) is 9.42. The molecule has 0 radical (unpaired) electrons.